The maximum absolute atomic E-state index is 11.7. The number of methoxy groups -OCH3 is 1. The number of hydrogen-bond acceptors (Lipinski definition) is 3. The van der Waals surface area contributed by atoms with Gasteiger partial charge < -0.3 is 14.5 Å². The highest BCUT2D eigenvalue weighted by molar-refractivity contribution is 5.92. The Morgan fingerprint density at radius 2 is 2.41 bits per heavy atom. The van der Waals surface area contributed by atoms with Crippen LogP contribution < -0.4 is 5.32 Å². The monoisotopic (exact) mass is 233 g/mol. The average Bonchev–Trinajstić information content (AvgIpc) is 2.72. The number of hydrogen-bond donors (Lipinski definition) is 1. The van der Waals surface area contributed by atoms with Crippen LogP contribution in [0.2, 0.25) is 0 Å². The molecule has 5 nitrogen and oxygen atoms in total. The maximum Gasteiger partial charge on any atom is 0.271 e. The van der Waals surface area contributed by atoms with E-state index in [-0.39, 0.29) is 5.91 Å². The Hall–Kier alpha value is -1.88. The molecule has 0 unspecified atom stereocenters. The molecule has 0 fully saturated rings. The standard InChI is InChI=1S/C12H15N3O2/c1-9-3-5-15-8-10(14-11(15)7-9)12(16)13-4-6-17-2/h3,5,7-8H,4,6H2,1-2H3,(H,13,16). The molecule has 2 aromatic heterocycles. The maximum atomic E-state index is 11.7. The predicted molar refractivity (Wildman–Crippen MR) is 64.1 cm³/mol. The molecular formula is C12H15N3O2. The summed E-state index contributed by atoms with van der Waals surface area (Å²) in [4.78, 5) is 16.0. The summed E-state index contributed by atoms with van der Waals surface area (Å²) in [6, 6.07) is 3.91. The van der Waals surface area contributed by atoms with Crippen molar-refractivity contribution in [2.45, 2.75) is 6.92 Å². The lowest BCUT2D eigenvalue weighted by molar-refractivity contribution is 0.0932. The zero-order valence-electron chi connectivity index (χ0n) is 9.93. The van der Waals surface area contributed by atoms with Crippen LogP contribution in [0.25, 0.3) is 5.65 Å². The summed E-state index contributed by atoms with van der Waals surface area (Å²) in [5, 5.41) is 2.74. The van der Waals surface area contributed by atoms with E-state index in [1.165, 1.54) is 0 Å². The van der Waals surface area contributed by atoms with Gasteiger partial charge in [-0.25, -0.2) is 4.98 Å². The van der Waals surface area contributed by atoms with Gasteiger partial charge in [0.15, 0.2) is 0 Å². The summed E-state index contributed by atoms with van der Waals surface area (Å²) >= 11 is 0. The second-order valence-electron chi connectivity index (χ2n) is 3.84. The fourth-order valence-electron chi connectivity index (χ4n) is 1.55. The van der Waals surface area contributed by atoms with Crippen LogP contribution in [0.1, 0.15) is 16.1 Å². The summed E-state index contributed by atoms with van der Waals surface area (Å²) in [5.41, 5.74) is 2.32. The molecule has 0 aliphatic heterocycles. The van der Waals surface area contributed by atoms with Crippen molar-refractivity contribution >= 4 is 11.6 Å². The molecule has 1 N–H and O–H groups in total. The Bertz CT molecular complexity index is 534. The van der Waals surface area contributed by atoms with E-state index in [0.717, 1.165) is 11.2 Å². The van der Waals surface area contributed by atoms with Crippen LogP contribution in [0.5, 0.6) is 0 Å². The molecule has 0 atom stereocenters. The van der Waals surface area contributed by atoms with Crippen molar-refractivity contribution in [3.05, 3.63) is 35.8 Å². The number of pyridine rings is 1. The van der Waals surface area contributed by atoms with Crippen LogP contribution in [0.3, 0.4) is 0 Å². The smallest absolute Gasteiger partial charge is 0.271 e. The average molecular weight is 233 g/mol. The first kappa shape index (κ1) is 11.6. The number of fused-ring (bicyclic) bond motifs is 1. The van der Waals surface area contributed by atoms with E-state index in [2.05, 4.69) is 10.3 Å². The molecule has 2 rings (SSSR count). The lowest BCUT2D eigenvalue weighted by Crippen LogP contribution is -2.27. The number of carbonyl (C=O) groups is 1. The van der Waals surface area contributed by atoms with Crippen LogP contribution in [0.4, 0.5) is 0 Å². The van der Waals surface area contributed by atoms with Crippen molar-refractivity contribution in [1.82, 2.24) is 14.7 Å². The van der Waals surface area contributed by atoms with Crippen molar-refractivity contribution < 1.29 is 9.53 Å². The number of imidazole rings is 1. The number of amides is 1. The number of nitrogens with one attached hydrogen (secondary N) is 1. The Balaban J connectivity index is 2.15. The summed E-state index contributed by atoms with van der Waals surface area (Å²) in [6.45, 7) is 2.98. The molecule has 0 saturated carbocycles. The van der Waals surface area contributed by atoms with E-state index in [4.69, 9.17) is 4.74 Å². The van der Waals surface area contributed by atoms with Crippen LogP contribution in [0.15, 0.2) is 24.5 Å². The van der Waals surface area contributed by atoms with Crippen LogP contribution in [-0.4, -0.2) is 35.6 Å². The molecule has 0 saturated heterocycles. The van der Waals surface area contributed by atoms with Gasteiger partial charge >= 0.3 is 0 Å². The van der Waals surface area contributed by atoms with E-state index in [0.29, 0.717) is 18.8 Å². The van der Waals surface area contributed by atoms with Gasteiger partial charge in [0.25, 0.3) is 5.91 Å². The van der Waals surface area contributed by atoms with Gasteiger partial charge in [0.1, 0.15) is 11.3 Å². The lowest BCUT2D eigenvalue weighted by Gasteiger charge is -2.00. The van der Waals surface area contributed by atoms with Crippen LogP contribution in [0, 0.1) is 6.92 Å². The molecule has 0 radical (unpaired) electrons. The van der Waals surface area contributed by atoms with Crippen molar-refractivity contribution in [1.29, 1.82) is 0 Å². The van der Waals surface area contributed by atoms with Gasteiger partial charge in [0.2, 0.25) is 0 Å². The van der Waals surface area contributed by atoms with Crippen molar-refractivity contribution in [3.63, 3.8) is 0 Å². The quantitative estimate of drug-likeness (QED) is 0.802. The third-order valence-electron chi connectivity index (χ3n) is 2.44. The van der Waals surface area contributed by atoms with E-state index in [1.807, 2.05) is 29.7 Å². The van der Waals surface area contributed by atoms with E-state index in [9.17, 15) is 4.79 Å². The summed E-state index contributed by atoms with van der Waals surface area (Å²) in [5.74, 6) is -0.177. The van der Waals surface area contributed by atoms with Gasteiger partial charge in [-0.2, -0.15) is 0 Å². The number of aryl methyl sites for hydroxylation is 1. The van der Waals surface area contributed by atoms with Gasteiger partial charge in [-0.15, -0.1) is 0 Å². The molecule has 0 aliphatic carbocycles. The summed E-state index contributed by atoms with van der Waals surface area (Å²) in [6.07, 6.45) is 3.61. The van der Waals surface area contributed by atoms with Gasteiger partial charge in [0.05, 0.1) is 6.61 Å². The molecule has 0 aromatic carbocycles. The molecular weight excluding hydrogens is 218 g/mol. The molecule has 2 heterocycles. The highest BCUT2D eigenvalue weighted by atomic mass is 16.5. The third-order valence-corrected chi connectivity index (χ3v) is 2.44. The first-order chi connectivity index (χ1) is 8.20. The minimum absolute atomic E-state index is 0.177. The molecule has 90 valence electrons. The topological polar surface area (TPSA) is 55.6 Å². The van der Waals surface area contributed by atoms with Gasteiger partial charge in [-0.3, -0.25) is 4.79 Å². The Kier molecular flexibility index (Phi) is 3.39. The fraction of sp³-hybridized carbons (Fsp3) is 0.333. The minimum atomic E-state index is -0.177. The number of rotatable bonds is 4. The highest BCUT2D eigenvalue weighted by Gasteiger charge is 2.09. The first-order valence-electron chi connectivity index (χ1n) is 5.43. The molecule has 5 heteroatoms. The van der Waals surface area contributed by atoms with Gasteiger partial charge in [0, 0.05) is 26.0 Å². The lowest BCUT2D eigenvalue weighted by atomic mass is 10.3. The number of aromatic nitrogens is 2. The number of carbonyl (C=O) groups excluding carboxylic acids is 1. The second kappa shape index (κ2) is 4.97. The van der Waals surface area contributed by atoms with E-state index >= 15 is 0 Å². The third kappa shape index (κ3) is 2.62. The van der Waals surface area contributed by atoms with Crippen LogP contribution in [-0.2, 0) is 4.74 Å². The van der Waals surface area contributed by atoms with Crippen molar-refractivity contribution in [2.75, 3.05) is 20.3 Å². The zero-order chi connectivity index (χ0) is 12.3. The molecule has 17 heavy (non-hydrogen) atoms. The predicted octanol–water partition coefficient (Wildman–Crippen LogP) is 1.02. The summed E-state index contributed by atoms with van der Waals surface area (Å²) in [7, 11) is 1.60. The normalized spacial score (nSPS) is 10.7. The first-order valence-corrected chi connectivity index (χ1v) is 5.43. The van der Waals surface area contributed by atoms with Crippen molar-refractivity contribution in [2.24, 2.45) is 0 Å². The van der Waals surface area contributed by atoms with Gasteiger partial charge in [-0.1, -0.05) is 0 Å². The van der Waals surface area contributed by atoms with E-state index < -0.39 is 0 Å². The second-order valence-corrected chi connectivity index (χ2v) is 3.84. The molecule has 2 aromatic rings. The molecule has 1 amide bonds. The highest BCUT2D eigenvalue weighted by Crippen LogP contribution is 2.07. The number of ether oxygens (including phenoxy) is 1. The Morgan fingerprint density at radius 1 is 1.59 bits per heavy atom. The Morgan fingerprint density at radius 3 is 3.18 bits per heavy atom. The number of nitrogens with zero attached hydrogens (tertiary/aromatic N) is 2. The fourth-order valence-corrected chi connectivity index (χ4v) is 1.55. The molecule has 0 aliphatic rings. The zero-order valence-corrected chi connectivity index (χ0v) is 9.93. The SMILES string of the molecule is COCCNC(=O)c1cn2ccc(C)cc2n1. The van der Waals surface area contributed by atoms with Gasteiger partial charge in [-0.05, 0) is 24.6 Å². The largest absolute Gasteiger partial charge is 0.383 e. The minimum Gasteiger partial charge on any atom is -0.383 e. The van der Waals surface area contributed by atoms with Crippen LogP contribution >= 0.6 is 0 Å². The molecule has 0 spiro atoms. The molecule has 0 bridgehead atoms. The Labute approximate surface area is 99.4 Å². The van der Waals surface area contributed by atoms with E-state index in [1.54, 1.807) is 13.3 Å². The summed E-state index contributed by atoms with van der Waals surface area (Å²) < 4.78 is 6.69. The van der Waals surface area contributed by atoms with Crippen molar-refractivity contribution in [3.8, 4) is 0 Å².